The summed E-state index contributed by atoms with van der Waals surface area (Å²) in [7, 11) is 0. The van der Waals surface area contributed by atoms with Gasteiger partial charge in [0.1, 0.15) is 10.6 Å². The van der Waals surface area contributed by atoms with Gasteiger partial charge in [-0.05, 0) is 44.4 Å². The van der Waals surface area contributed by atoms with E-state index in [4.69, 9.17) is 4.98 Å². The number of thioether (sulfide) groups is 1. The third-order valence-electron chi connectivity index (χ3n) is 5.35. The van der Waals surface area contributed by atoms with E-state index in [1.54, 1.807) is 11.8 Å². The molecular weight excluding hydrogens is 364 g/mol. The second-order valence-electron chi connectivity index (χ2n) is 7.22. The number of aromatic nitrogens is 2. The summed E-state index contributed by atoms with van der Waals surface area (Å²) in [5.74, 6) is 1.06. The minimum absolute atomic E-state index is 0.0511. The second-order valence-corrected chi connectivity index (χ2v) is 9.02. The first-order valence-corrected chi connectivity index (χ1v) is 11.7. The zero-order valence-corrected chi connectivity index (χ0v) is 16.9. The highest BCUT2D eigenvalue weighted by molar-refractivity contribution is 7.98. The number of nitrogens with zero attached hydrogens (tertiary/aromatic N) is 3. The van der Waals surface area contributed by atoms with Gasteiger partial charge in [-0.15, -0.1) is 11.3 Å². The molecule has 1 aliphatic heterocycles. The molecule has 0 unspecified atom stereocenters. The summed E-state index contributed by atoms with van der Waals surface area (Å²) in [4.78, 5) is 26.3. The second kappa shape index (κ2) is 8.13. The van der Waals surface area contributed by atoms with E-state index >= 15 is 0 Å². The maximum absolute atomic E-state index is 12.8. The van der Waals surface area contributed by atoms with Crippen molar-refractivity contribution in [1.29, 1.82) is 0 Å². The van der Waals surface area contributed by atoms with Crippen LogP contribution in [0.1, 0.15) is 61.0 Å². The van der Waals surface area contributed by atoms with Gasteiger partial charge in [0.2, 0.25) is 0 Å². The van der Waals surface area contributed by atoms with Crippen LogP contribution in [0.3, 0.4) is 0 Å². The number of carbonyl (C=O) groups is 1. The van der Waals surface area contributed by atoms with Crippen LogP contribution in [-0.4, -0.2) is 41.3 Å². The molecular formula is C19H26N4OS2. The first-order valence-electron chi connectivity index (χ1n) is 9.66. The number of fused-ring (bicyclic) bond motifs is 1. The Labute approximate surface area is 163 Å². The van der Waals surface area contributed by atoms with Crippen molar-refractivity contribution in [3.63, 3.8) is 0 Å². The van der Waals surface area contributed by atoms with Crippen LogP contribution < -0.4 is 10.2 Å². The summed E-state index contributed by atoms with van der Waals surface area (Å²) < 4.78 is 0. The lowest BCUT2D eigenvalue weighted by molar-refractivity contribution is 0.0932. The van der Waals surface area contributed by atoms with Crippen LogP contribution in [0.25, 0.3) is 10.2 Å². The lowest BCUT2D eigenvalue weighted by Gasteiger charge is -2.28. The lowest BCUT2D eigenvalue weighted by Crippen LogP contribution is -2.35. The van der Waals surface area contributed by atoms with Crippen LogP contribution in [0.5, 0.6) is 0 Å². The minimum Gasteiger partial charge on any atom is -0.356 e. The van der Waals surface area contributed by atoms with Gasteiger partial charge in [-0.2, -0.15) is 0 Å². The number of piperidine rings is 1. The Bertz CT molecular complexity index is 779. The summed E-state index contributed by atoms with van der Waals surface area (Å²) in [5, 5.41) is 5.05. The molecule has 1 N–H and O–H groups in total. The van der Waals surface area contributed by atoms with Gasteiger partial charge in [-0.3, -0.25) is 4.79 Å². The molecule has 5 nitrogen and oxygen atoms in total. The minimum atomic E-state index is 0.0511. The quantitative estimate of drug-likeness (QED) is 0.617. The Morgan fingerprint density at radius 3 is 2.62 bits per heavy atom. The van der Waals surface area contributed by atoms with Gasteiger partial charge in [0, 0.05) is 19.1 Å². The Morgan fingerprint density at radius 2 is 1.88 bits per heavy atom. The smallest absolute Gasteiger partial charge is 0.261 e. The number of rotatable bonds is 4. The van der Waals surface area contributed by atoms with Crippen molar-refractivity contribution in [2.24, 2.45) is 0 Å². The van der Waals surface area contributed by atoms with Gasteiger partial charge in [0.05, 0.1) is 10.3 Å². The van der Waals surface area contributed by atoms with Crippen LogP contribution in [0.4, 0.5) is 5.82 Å². The zero-order valence-electron chi connectivity index (χ0n) is 15.3. The first kappa shape index (κ1) is 18.0. The van der Waals surface area contributed by atoms with Crippen molar-refractivity contribution in [2.75, 3.05) is 24.2 Å². The molecule has 2 aliphatic rings. The highest BCUT2D eigenvalue weighted by Crippen LogP contribution is 2.34. The molecule has 0 spiro atoms. The van der Waals surface area contributed by atoms with E-state index in [1.165, 1.54) is 49.9 Å². The van der Waals surface area contributed by atoms with E-state index in [-0.39, 0.29) is 5.91 Å². The summed E-state index contributed by atoms with van der Waals surface area (Å²) in [6.07, 6.45) is 11.7. The van der Waals surface area contributed by atoms with E-state index in [1.807, 2.05) is 12.3 Å². The summed E-state index contributed by atoms with van der Waals surface area (Å²) in [6, 6.07) is 2.34. The van der Waals surface area contributed by atoms with E-state index in [0.29, 0.717) is 6.04 Å². The maximum Gasteiger partial charge on any atom is 0.261 e. The van der Waals surface area contributed by atoms with Crippen LogP contribution in [-0.2, 0) is 0 Å². The highest BCUT2D eigenvalue weighted by atomic mass is 32.2. The third kappa shape index (κ3) is 3.83. The van der Waals surface area contributed by atoms with Gasteiger partial charge >= 0.3 is 0 Å². The van der Waals surface area contributed by atoms with Gasteiger partial charge in [-0.25, -0.2) is 9.97 Å². The van der Waals surface area contributed by atoms with Gasteiger partial charge in [0.15, 0.2) is 5.16 Å². The summed E-state index contributed by atoms with van der Waals surface area (Å²) in [5.41, 5.74) is 0. The number of nitrogens with one attached hydrogen (secondary N) is 1. The lowest BCUT2D eigenvalue weighted by atomic mass is 9.95. The molecule has 2 fully saturated rings. The monoisotopic (exact) mass is 390 g/mol. The molecule has 0 aromatic carbocycles. The van der Waals surface area contributed by atoms with Gasteiger partial charge in [0.25, 0.3) is 5.91 Å². The fourth-order valence-electron chi connectivity index (χ4n) is 3.94. The van der Waals surface area contributed by atoms with E-state index in [0.717, 1.165) is 52.0 Å². The van der Waals surface area contributed by atoms with Crippen LogP contribution in [0, 0.1) is 0 Å². The van der Waals surface area contributed by atoms with Gasteiger partial charge < -0.3 is 10.2 Å². The maximum atomic E-state index is 12.8. The number of hydrogen-bond donors (Lipinski definition) is 1. The molecule has 140 valence electrons. The molecule has 3 heterocycles. The number of carbonyl (C=O) groups excluding carboxylic acids is 1. The van der Waals surface area contributed by atoms with E-state index in [2.05, 4.69) is 15.2 Å². The fourth-order valence-corrected chi connectivity index (χ4v) is 5.29. The molecule has 1 saturated heterocycles. The Kier molecular flexibility index (Phi) is 5.64. The van der Waals surface area contributed by atoms with E-state index in [9.17, 15) is 4.79 Å². The molecule has 26 heavy (non-hydrogen) atoms. The molecule has 1 amide bonds. The van der Waals surface area contributed by atoms with Crippen LogP contribution >= 0.6 is 23.1 Å². The summed E-state index contributed by atoms with van der Waals surface area (Å²) >= 11 is 3.06. The Hall–Kier alpha value is -1.34. The van der Waals surface area contributed by atoms with Gasteiger partial charge in [-0.1, -0.05) is 31.0 Å². The number of hydrogen-bond acceptors (Lipinski definition) is 6. The fraction of sp³-hybridized carbons (Fsp3) is 0.632. The molecule has 2 aromatic rings. The molecule has 0 atom stereocenters. The van der Waals surface area contributed by atoms with Crippen molar-refractivity contribution in [2.45, 2.75) is 62.6 Å². The number of thiophene rings is 1. The van der Waals surface area contributed by atoms with Crippen LogP contribution in [0.15, 0.2) is 11.2 Å². The molecule has 0 radical (unpaired) electrons. The first-order chi connectivity index (χ1) is 12.7. The molecule has 1 aliphatic carbocycles. The van der Waals surface area contributed by atoms with Crippen molar-refractivity contribution in [3.8, 4) is 0 Å². The summed E-state index contributed by atoms with van der Waals surface area (Å²) in [6.45, 7) is 2.08. The normalized spacial score (nSPS) is 19.0. The van der Waals surface area contributed by atoms with E-state index < -0.39 is 0 Å². The highest BCUT2D eigenvalue weighted by Gasteiger charge is 2.22. The zero-order chi connectivity index (χ0) is 17.9. The number of anilines is 1. The average Bonchev–Trinajstić information content (AvgIpc) is 3.13. The Balaban J connectivity index is 1.63. The largest absolute Gasteiger partial charge is 0.356 e. The standard InChI is InChI=1S/C19H26N4OS2/c1-25-19-21-16(23-10-6-3-7-11-23)14-12-15(26-18(14)22-19)17(24)20-13-8-4-2-5-9-13/h12-13H,2-11H2,1H3,(H,20,24). The van der Waals surface area contributed by atoms with Crippen LogP contribution in [0.2, 0.25) is 0 Å². The molecule has 0 bridgehead atoms. The Morgan fingerprint density at radius 1 is 1.15 bits per heavy atom. The molecule has 7 heteroatoms. The molecule has 4 rings (SSSR count). The van der Waals surface area contributed by atoms with Crippen molar-refractivity contribution >= 4 is 45.0 Å². The topological polar surface area (TPSA) is 58.1 Å². The van der Waals surface area contributed by atoms with Crippen molar-refractivity contribution in [3.05, 3.63) is 10.9 Å². The van der Waals surface area contributed by atoms with Crippen molar-refractivity contribution in [1.82, 2.24) is 15.3 Å². The predicted molar refractivity (Wildman–Crippen MR) is 110 cm³/mol. The molecule has 1 saturated carbocycles. The molecule has 2 aromatic heterocycles. The SMILES string of the molecule is CSc1nc(N2CCCCC2)c2cc(C(=O)NC3CCCCC3)sc2n1. The predicted octanol–water partition coefficient (Wildman–Crippen LogP) is 4.47. The number of amides is 1. The van der Waals surface area contributed by atoms with Crippen molar-refractivity contribution < 1.29 is 4.79 Å². The third-order valence-corrected chi connectivity index (χ3v) is 6.93. The average molecular weight is 391 g/mol.